The van der Waals surface area contributed by atoms with Gasteiger partial charge in [-0.3, -0.25) is 0 Å². The van der Waals surface area contributed by atoms with E-state index in [0.717, 1.165) is 0 Å². The Balaban J connectivity index is 0.000000251. The normalized spacial score (nSPS) is 10.8. The van der Waals surface area contributed by atoms with Gasteiger partial charge in [-0.2, -0.15) is 0 Å². The average Bonchev–Trinajstić information content (AvgIpc) is 0.827. The second kappa shape index (κ2) is 47.4. The SMILES string of the molecule is CCC(COC(=O)c1ccccc1)(COC(=O)c1cc(OC)c(OC)c(OC)c1)COC(=O)c1cc(OC)c(OC)c(OC)c1.CCC(COC(=O)c1ccccc1)(COC(=O)c1ccc(OC)cc1)COC(=O)c1ccc(OC)cc1.CCC(COC(=O)c1ccccc1)(COC(=O)c1ccccc1)COC(=O)c1cc(OC)c(OC)c(OC)c1. The minimum atomic E-state index is -1.11. The molecule has 0 fully saturated rings. The zero-order valence-electron chi connectivity index (χ0n) is 70.0. The van der Waals surface area contributed by atoms with Crippen molar-refractivity contribution in [1.29, 1.82) is 0 Å². The third kappa shape index (κ3) is 26.8. The number of hydrogen-bond donors (Lipinski definition) is 0. The van der Waals surface area contributed by atoms with Gasteiger partial charge in [0.05, 0.1) is 145 Å². The highest BCUT2D eigenvalue weighted by atomic mass is 16.6. The third-order valence-electron chi connectivity index (χ3n) is 19.2. The van der Waals surface area contributed by atoms with Crippen molar-refractivity contribution in [3.05, 3.63) is 256 Å². The van der Waals surface area contributed by atoms with E-state index in [2.05, 4.69) is 0 Å². The van der Waals surface area contributed by atoms with Gasteiger partial charge in [0.2, 0.25) is 17.2 Å². The van der Waals surface area contributed by atoms with Crippen LogP contribution in [-0.4, -0.2) is 191 Å². The van der Waals surface area contributed by atoms with Crippen LogP contribution in [0, 0.1) is 16.2 Å². The van der Waals surface area contributed by atoms with Crippen LogP contribution in [0.15, 0.2) is 206 Å². The fourth-order valence-electron chi connectivity index (χ4n) is 11.4. The molecule has 0 aromatic heterocycles. The lowest BCUT2D eigenvalue weighted by atomic mass is 9.88. The van der Waals surface area contributed by atoms with Crippen molar-refractivity contribution in [2.75, 3.05) is 138 Å². The summed E-state index contributed by atoms with van der Waals surface area (Å²) in [5.74, 6) is -1.59. The molecule has 29 nitrogen and oxygen atoms in total. The quantitative estimate of drug-likeness (QED) is 0.0254. The molecular weight excluding hydrogens is 1570 g/mol. The van der Waals surface area contributed by atoms with Crippen molar-refractivity contribution in [2.45, 2.75) is 40.0 Å². The van der Waals surface area contributed by atoms with E-state index in [-0.39, 0.29) is 99.2 Å². The summed E-state index contributed by atoms with van der Waals surface area (Å²) in [6.45, 7) is 3.86. The molecule has 0 N–H and O–H groups in total. The molecule has 0 saturated heterocycles. The van der Waals surface area contributed by atoms with Gasteiger partial charge in [-0.15, -0.1) is 0 Å². The zero-order chi connectivity index (χ0) is 87.9. The predicted molar refractivity (Wildman–Crippen MR) is 441 cm³/mol. The molecule has 0 amide bonds. The van der Waals surface area contributed by atoms with Crippen LogP contribution in [0.2, 0.25) is 0 Å². The highest BCUT2D eigenvalue weighted by molar-refractivity contribution is 5.95. The molecular formula is C92H100O29. The lowest BCUT2D eigenvalue weighted by Gasteiger charge is -2.31. The fraction of sp³-hybridized carbons (Fsp3) is 0.315. The monoisotopic (exact) mass is 1670 g/mol. The molecule has 0 atom stereocenters. The molecule has 0 aliphatic heterocycles. The first-order chi connectivity index (χ1) is 58.4. The van der Waals surface area contributed by atoms with Gasteiger partial charge < -0.3 is 94.7 Å². The van der Waals surface area contributed by atoms with Gasteiger partial charge in [-0.1, -0.05) is 93.6 Å². The summed E-state index contributed by atoms with van der Waals surface area (Å²) in [6, 6.07) is 55.8. The van der Waals surface area contributed by atoms with E-state index in [4.69, 9.17) is 94.7 Å². The van der Waals surface area contributed by atoms with E-state index in [1.54, 1.807) is 177 Å². The number of ether oxygens (including phenoxy) is 20. The number of benzene rings is 9. The fourth-order valence-corrected chi connectivity index (χ4v) is 11.4. The molecule has 121 heavy (non-hydrogen) atoms. The minimum absolute atomic E-state index is 0.122. The zero-order valence-corrected chi connectivity index (χ0v) is 70.0. The molecule has 29 heteroatoms. The summed E-state index contributed by atoms with van der Waals surface area (Å²) >= 11 is 0. The Morgan fingerprint density at radius 2 is 0.355 bits per heavy atom. The maximum Gasteiger partial charge on any atom is 0.338 e. The van der Waals surface area contributed by atoms with Crippen molar-refractivity contribution in [3.63, 3.8) is 0 Å². The summed E-state index contributed by atoms with van der Waals surface area (Å²) < 4.78 is 109. The van der Waals surface area contributed by atoms with E-state index in [1.165, 1.54) is 115 Å². The predicted octanol–water partition coefficient (Wildman–Crippen LogP) is 15.0. The number of rotatable bonds is 41. The topological polar surface area (TPSA) is 338 Å². The lowest BCUT2D eigenvalue weighted by molar-refractivity contribution is -0.0394. The molecule has 0 radical (unpaired) electrons. The molecule has 0 heterocycles. The first kappa shape index (κ1) is 94.2. The molecule has 0 aliphatic rings. The van der Waals surface area contributed by atoms with Gasteiger partial charge in [0.25, 0.3) is 0 Å². The van der Waals surface area contributed by atoms with Crippen molar-refractivity contribution in [2.24, 2.45) is 16.2 Å². The van der Waals surface area contributed by atoms with Crippen LogP contribution in [0.5, 0.6) is 63.2 Å². The molecule has 0 saturated carbocycles. The second-order valence-electron chi connectivity index (χ2n) is 26.9. The Bertz CT molecular complexity index is 4590. The van der Waals surface area contributed by atoms with Crippen LogP contribution >= 0.6 is 0 Å². The lowest BCUT2D eigenvalue weighted by Crippen LogP contribution is -2.39. The van der Waals surface area contributed by atoms with E-state index in [0.29, 0.717) is 92.9 Å². The Kier molecular flexibility index (Phi) is 36.9. The van der Waals surface area contributed by atoms with E-state index < -0.39 is 70.0 Å². The van der Waals surface area contributed by atoms with E-state index in [1.807, 2.05) is 13.8 Å². The van der Waals surface area contributed by atoms with Crippen molar-refractivity contribution in [3.8, 4) is 63.2 Å². The van der Waals surface area contributed by atoms with Crippen LogP contribution < -0.4 is 52.1 Å². The smallest absolute Gasteiger partial charge is 0.338 e. The van der Waals surface area contributed by atoms with Gasteiger partial charge in [0.1, 0.15) is 71.0 Å². The van der Waals surface area contributed by atoms with Gasteiger partial charge in [0, 0.05) is 0 Å². The second-order valence-corrected chi connectivity index (χ2v) is 26.9. The summed E-state index contributed by atoms with van der Waals surface area (Å²) in [7, 11) is 16.0. The average molecular weight is 1670 g/mol. The highest BCUT2D eigenvalue weighted by Crippen LogP contribution is 2.42. The number of hydrogen-bond acceptors (Lipinski definition) is 29. The summed E-state index contributed by atoms with van der Waals surface area (Å²) in [4.78, 5) is 116. The van der Waals surface area contributed by atoms with Crippen LogP contribution in [0.25, 0.3) is 0 Å². The number of carbonyl (C=O) groups is 9. The van der Waals surface area contributed by atoms with Gasteiger partial charge in [-0.25, -0.2) is 43.2 Å². The van der Waals surface area contributed by atoms with E-state index >= 15 is 0 Å². The molecule has 9 aromatic carbocycles. The molecule has 0 bridgehead atoms. The number of esters is 9. The van der Waals surface area contributed by atoms with Crippen LogP contribution in [-0.2, 0) is 42.6 Å². The van der Waals surface area contributed by atoms with Gasteiger partial charge >= 0.3 is 53.7 Å². The van der Waals surface area contributed by atoms with Crippen molar-refractivity contribution >= 4 is 53.7 Å². The summed E-state index contributed by atoms with van der Waals surface area (Å²) in [5.41, 5.74) is -0.519. The maximum atomic E-state index is 13.2. The molecule has 642 valence electrons. The van der Waals surface area contributed by atoms with Crippen LogP contribution in [0.1, 0.15) is 133 Å². The minimum Gasteiger partial charge on any atom is -0.497 e. The third-order valence-corrected chi connectivity index (χ3v) is 19.2. The molecule has 9 rings (SSSR count). The Labute approximate surface area is 701 Å². The van der Waals surface area contributed by atoms with Crippen LogP contribution in [0.3, 0.4) is 0 Å². The molecule has 0 aliphatic carbocycles. The Morgan fingerprint density at radius 3 is 0.496 bits per heavy atom. The van der Waals surface area contributed by atoms with Crippen LogP contribution in [0.4, 0.5) is 0 Å². The first-order valence-corrected chi connectivity index (χ1v) is 37.9. The first-order valence-electron chi connectivity index (χ1n) is 37.9. The molecule has 0 spiro atoms. The Hall–Kier alpha value is -14.0. The number of methoxy groups -OCH3 is 11. The summed E-state index contributed by atoms with van der Waals surface area (Å²) in [6.07, 6.45) is 1.08. The van der Waals surface area contributed by atoms with Gasteiger partial charge in [-0.05, 0) is 153 Å². The standard InChI is InChI=1S/C33H38O12.C30H32O9.C29H30O8/c1-8-33(18-43-30(34)21-12-10-9-11-13-21,19-44-31(35)22-14-24(37-2)28(41-6)25(15-22)38-3)20-45-32(36)23-16-26(39-4)29(42-7)27(17-23)40-5;1-5-30(18-37-27(31)21-12-8-6-9-13-21,19-38-28(32)22-14-10-7-11-15-22)20-39-29(33)23-16-24(34-2)26(36-4)25(17-23)35-3;1-4-29(18-35-26(30)21-8-6-5-7-9-21,19-36-27(31)22-10-14-24(33-2)15-11-22)20-37-28(32)23-12-16-25(34-3)17-13-23/h9-17H,8,18-20H2,1-7H3;6-17H,5,18-20H2,1-4H3;5-17H,4,18-20H2,1-3H3. The number of carbonyl (C=O) groups excluding carboxylic acids is 9. The van der Waals surface area contributed by atoms with Crippen molar-refractivity contribution in [1.82, 2.24) is 0 Å². The molecule has 0 unspecified atom stereocenters. The van der Waals surface area contributed by atoms with E-state index in [9.17, 15) is 43.2 Å². The largest absolute Gasteiger partial charge is 0.497 e. The highest BCUT2D eigenvalue weighted by Gasteiger charge is 2.39. The van der Waals surface area contributed by atoms with Crippen molar-refractivity contribution < 1.29 is 138 Å². The molecule has 9 aromatic rings. The van der Waals surface area contributed by atoms with Gasteiger partial charge in [0.15, 0.2) is 34.5 Å². The maximum absolute atomic E-state index is 13.2. The summed E-state index contributed by atoms with van der Waals surface area (Å²) in [5, 5.41) is 0. The Morgan fingerprint density at radius 1 is 0.198 bits per heavy atom.